The van der Waals surface area contributed by atoms with Gasteiger partial charge in [0.1, 0.15) is 5.82 Å². The minimum Gasteiger partial charge on any atom is -0.311 e. The first-order valence-corrected chi connectivity index (χ1v) is 6.12. The van der Waals surface area contributed by atoms with Gasteiger partial charge in [0.05, 0.1) is 0 Å². The summed E-state index contributed by atoms with van der Waals surface area (Å²) in [5.74, 6) is -0.147. The molecule has 1 aromatic carbocycles. The maximum atomic E-state index is 13.0. The van der Waals surface area contributed by atoms with Crippen LogP contribution >= 0.6 is 0 Å². The van der Waals surface area contributed by atoms with Crippen molar-refractivity contribution in [3.8, 4) is 0 Å². The Morgan fingerprint density at radius 2 is 2.00 bits per heavy atom. The molecule has 1 nitrogen and oxygen atoms in total. The summed E-state index contributed by atoms with van der Waals surface area (Å²) in [6.45, 7) is 6.54. The Bertz CT molecular complexity index is 311. The molecule has 0 aromatic heterocycles. The third-order valence-corrected chi connectivity index (χ3v) is 2.72. The Hall–Kier alpha value is -0.890. The number of benzene rings is 1. The topological polar surface area (TPSA) is 12.0 Å². The monoisotopic (exact) mass is 223 g/mol. The van der Waals surface area contributed by atoms with Crippen molar-refractivity contribution < 1.29 is 4.39 Å². The molecule has 2 atom stereocenters. The summed E-state index contributed by atoms with van der Waals surface area (Å²) in [7, 11) is 0. The highest BCUT2D eigenvalue weighted by Gasteiger charge is 2.07. The largest absolute Gasteiger partial charge is 0.311 e. The number of nitrogens with one attached hydrogen (secondary N) is 1. The van der Waals surface area contributed by atoms with Crippen LogP contribution in [0.3, 0.4) is 0 Å². The van der Waals surface area contributed by atoms with Crippen molar-refractivity contribution in [2.24, 2.45) is 0 Å². The first kappa shape index (κ1) is 13.2. The lowest BCUT2D eigenvalue weighted by atomic mass is 10.1. The van der Waals surface area contributed by atoms with Crippen molar-refractivity contribution in [3.05, 3.63) is 35.6 Å². The quantitative estimate of drug-likeness (QED) is 0.778. The zero-order valence-corrected chi connectivity index (χ0v) is 10.5. The molecule has 2 unspecified atom stereocenters. The lowest BCUT2D eigenvalue weighted by molar-refractivity contribution is 0.440. The second-order valence-electron chi connectivity index (χ2n) is 4.59. The van der Waals surface area contributed by atoms with Crippen LogP contribution < -0.4 is 5.32 Å². The minimum absolute atomic E-state index is 0.147. The molecule has 0 radical (unpaired) electrons. The third-order valence-electron chi connectivity index (χ3n) is 2.72. The van der Waals surface area contributed by atoms with Gasteiger partial charge in [0.2, 0.25) is 0 Å². The summed E-state index contributed by atoms with van der Waals surface area (Å²) in [6.07, 6.45) is 3.26. The van der Waals surface area contributed by atoms with Gasteiger partial charge in [0.25, 0.3) is 0 Å². The van der Waals surface area contributed by atoms with Gasteiger partial charge in [-0.05, 0) is 44.4 Å². The Kier molecular flexibility index (Phi) is 5.47. The predicted octanol–water partition coefficient (Wildman–Crippen LogP) is 3.53. The zero-order chi connectivity index (χ0) is 12.0. The first-order valence-electron chi connectivity index (χ1n) is 6.12. The molecular weight excluding hydrogens is 201 g/mol. The van der Waals surface area contributed by atoms with Crippen LogP contribution in [0.4, 0.5) is 4.39 Å². The fourth-order valence-corrected chi connectivity index (χ4v) is 2.08. The normalized spacial score (nSPS) is 14.8. The van der Waals surface area contributed by atoms with E-state index in [9.17, 15) is 4.39 Å². The summed E-state index contributed by atoms with van der Waals surface area (Å²) in [5, 5.41) is 3.53. The van der Waals surface area contributed by atoms with E-state index in [4.69, 9.17) is 0 Å². The number of hydrogen-bond donors (Lipinski definition) is 1. The fourth-order valence-electron chi connectivity index (χ4n) is 2.08. The average molecular weight is 223 g/mol. The van der Waals surface area contributed by atoms with Gasteiger partial charge in [-0.25, -0.2) is 4.39 Å². The second-order valence-corrected chi connectivity index (χ2v) is 4.59. The van der Waals surface area contributed by atoms with Crippen molar-refractivity contribution >= 4 is 0 Å². The van der Waals surface area contributed by atoms with Gasteiger partial charge in [-0.15, -0.1) is 0 Å². The average Bonchev–Trinajstić information content (AvgIpc) is 2.17. The lowest BCUT2D eigenvalue weighted by Gasteiger charge is -2.19. The number of halogens is 1. The molecule has 0 fully saturated rings. The van der Waals surface area contributed by atoms with E-state index in [2.05, 4.69) is 26.1 Å². The third kappa shape index (κ3) is 4.75. The minimum atomic E-state index is -0.147. The van der Waals surface area contributed by atoms with E-state index in [-0.39, 0.29) is 5.82 Å². The van der Waals surface area contributed by atoms with Crippen molar-refractivity contribution in [3.63, 3.8) is 0 Å². The molecule has 90 valence electrons. The molecule has 0 aliphatic carbocycles. The van der Waals surface area contributed by atoms with Gasteiger partial charge in [0.15, 0.2) is 0 Å². The van der Waals surface area contributed by atoms with Crippen LogP contribution in [0.1, 0.15) is 39.2 Å². The van der Waals surface area contributed by atoms with Crippen LogP contribution in [0.5, 0.6) is 0 Å². The SMILES string of the molecule is CCCC(C)NC(C)Cc1cccc(F)c1. The summed E-state index contributed by atoms with van der Waals surface area (Å²) >= 11 is 0. The molecular formula is C14H22FN. The standard InChI is InChI=1S/C14H22FN/c1-4-6-11(2)16-12(3)9-13-7-5-8-14(15)10-13/h5,7-8,10-12,16H,4,6,9H2,1-3H3. The zero-order valence-electron chi connectivity index (χ0n) is 10.5. The lowest BCUT2D eigenvalue weighted by Crippen LogP contribution is -2.35. The summed E-state index contributed by atoms with van der Waals surface area (Å²) < 4.78 is 13.0. The van der Waals surface area contributed by atoms with Crippen molar-refractivity contribution in [2.45, 2.75) is 52.1 Å². The van der Waals surface area contributed by atoms with Crippen LogP contribution in [0.15, 0.2) is 24.3 Å². The van der Waals surface area contributed by atoms with E-state index < -0.39 is 0 Å². The first-order chi connectivity index (χ1) is 7.61. The Labute approximate surface area is 98.1 Å². The maximum absolute atomic E-state index is 13.0. The Morgan fingerprint density at radius 3 is 2.62 bits per heavy atom. The van der Waals surface area contributed by atoms with Crippen LogP contribution in [0, 0.1) is 5.82 Å². The van der Waals surface area contributed by atoms with Gasteiger partial charge in [-0.3, -0.25) is 0 Å². The van der Waals surface area contributed by atoms with Crippen LogP contribution in [0.25, 0.3) is 0 Å². The Morgan fingerprint density at radius 1 is 1.25 bits per heavy atom. The highest BCUT2D eigenvalue weighted by Crippen LogP contribution is 2.07. The van der Waals surface area contributed by atoms with Gasteiger partial charge in [0, 0.05) is 12.1 Å². The smallest absolute Gasteiger partial charge is 0.123 e. The van der Waals surface area contributed by atoms with Gasteiger partial charge in [-0.2, -0.15) is 0 Å². The summed E-state index contributed by atoms with van der Waals surface area (Å²) in [4.78, 5) is 0. The van der Waals surface area contributed by atoms with E-state index in [1.807, 2.05) is 6.07 Å². The Balaban J connectivity index is 2.42. The van der Waals surface area contributed by atoms with Crippen molar-refractivity contribution in [1.82, 2.24) is 5.32 Å². The highest BCUT2D eigenvalue weighted by molar-refractivity contribution is 5.17. The van der Waals surface area contributed by atoms with Crippen LogP contribution in [-0.4, -0.2) is 12.1 Å². The van der Waals surface area contributed by atoms with Crippen molar-refractivity contribution in [1.29, 1.82) is 0 Å². The predicted molar refractivity (Wildman–Crippen MR) is 67.1 cm³/mol. The summed E-state index contributed by atoms with van der Waals surface area (Å²) in [6, 6.07) is 7.78. The number of hydrogen-bond acceptors (Lipinski definition) is 1. The van der Waals surface area contributed by atoms with Gasteiger partial charge in [-0.1, -0.05) is 25.5 Å². The molecule has 0 spiro atoms. The van der Waals surface area contributed by atoms with E-state index in [0.29, 0.717) is 12.1 Å². The molecule has 2 heteroatoms. The number of rotatable bonds is 6. The molecule has 0 aliphatic heterocycles. The molecule has 1 aromatic rings. The molecule has 0 saturated heterocycles. The fraction of sp³-hybridized carbons (Fsp3) is 0.571. The molecule has 0 saturated carbocycles. The van der Waals surface area contributed by atoms with E-state index in [0.717, 1.165) is 12.0 Å². The molecule has 0 bridgehead atoms. The molecule has 16 heavy (non-hydrogen) atoms. The van der Waals surface area contributed by atoms with Crippen LogP contribution in [-0.2, 0) is 6.42 Å². The highest BCUT2D eigenvalue weighted by atomic mass is 19.1. The molecule has 0 heterocycles. The van der Waals surface area contributed by atoms with Gasteiger partial charge < -0.3 is 5.32 Å². The van der Waals surface area contributed by atoms with Gasteiger partial charge >= 0.3 is 0 Å². The molecule has 0 amide bonds. The molecule has 1 rings (SSSR count). The summed E-state index contributed by atoms with van der Waals surface area (Å²) in [5.41, 5.74) is 1.06. The van der Waals surface area contributed by atoms with E-state index >= 15 is 0 Å². The molecule has 1 N–H and O–H groups in total. The second kappa shape index (κ2) is 6.64. The van der Waals surface area contributed by atoms with Crippen molar-refractivity contribution in [2.75, 3.05) is 0 Å². The molecule has 0 aliphatic rings. The van der Waals surface area contributed by atoms with E-state index in [1.54, 1.807) is 12.1 Å². The van der Waals surface area contributed by atoms with E-state index in [1.165, 1.54) is 18.9 Å². The van der Waals surface area contributed by atoms with Crippen LogP contribution in [0.2, 0.25) is 0 Å². The maximum Gasteiger partial charge on any atom is 0.123 e.